The lowest BCUT2D eigenvalue weighted by atomic mass is 9.98. The summed E-state index contributed by atoms with van der Waals surface area (Å²) in [4.78, 5) is 34.2. The molecule has 138 valence electrons. The van der Waals surface area contributed by atoms with Crippen LogP contribution in [0.25, 0.3) is 0 Å². The van der Waals surface area contributed by atoms with Crippen LogP contribution in [0.5, 0.6) is 0 Å². The van der Waals surface area contributed by atoms with Gasteiger partial charge in [0.05, 0.1) is 10.7 Å². The van der Waals surface area contributed by atoms with Crippen molar-refractivity contribution in [1.29, 1.82) is 0 Å². The maximum Gasteiger partial charge on any atom is 0.265 e. The molecule has 2 aliphatic rings. The van der Waals surface area contributed by atoms with Crippen molar-refractivity contribution in [2.24, 2.45) is 0 Å². The zero-order valence-electron chi connectivity index (χ0n) is 15.5. The van der Waals surface area contributed by atoms with Crippen molar-refractivity contribution in [2.45, 2.75) is 52.1 Å². The van der Waals surface area contributed by atoms with Gasteiger partial charge in [0.25, 0.3) is 11.8 Å². The Balaban J connectivity index is 1.62. The zero-order valence-corrected chi connectivity index (χ0v) is 16.3. The summed E-state index contributed by atoms with van der Waals surface area (Å²) in [6.45, 7) is 11.2. The van der Waals surface area contributed by atoms with E-state index in [2.05, 4.69) is 25.8 Å². The van der Waals surface area contributed by atoms with Crippen LogP contribution in [0.2, 0.25) is 0 Å². The minimum Gasteiger partial charge on any atom is -0.368 e. The van der Waals surface area contributed by atoms with Crippen molar-refractivity contribution in [3.05, 3.63) is 15.6 Å². The quantitative estimate of drug-likeness (QED) is 0.806. The molecule has 3 heterocycles. The van der Waals surface area contributed by atoms with Crippen molar-refractivity contribution >= 4 is 23.2 Å². The van der Waals surface area contributed by atoms with E-state index in [0.29, 0.717) is 32.8 Å². The first-order valence-corrected chi connectivity index (χ1v) is 9.76. The highest BCUT2D eigenvalue weighted by Gasteiger charge is 2.32. The molecule has 2 fully saturated rings. The van der Waals surface area contributed by atoms with Gasteiger partial charge in [-0.1, -0.05) is 20.8 Å². The van der Waals surface area contributed by atoms with E-state index in [1.54, 1.807) is 0 Å². The van der Waals surface area contributed by atoms with Gasteiger partial charge in [0.2, 0.25) is 0 Å². The average Bonchev–Trinajstić information content (AvgIpc) is 3.23. The number of nitrogens with zero attached hydrogens (tertiary/aromatic N) is 3. The molecule has 0 spiro atoms. The Kier molecular flexibility index (Phi) is 5.16. The van der Waals surface area contributed by atoms with E-state index >= 15 is 0 Å². The number of rotatable bonds is 2. The highest BCUT2D eigenvalue weighted by Crippen LogP contribution is 2.30. The summed E-state index contributed by atoms with van der Waals surface area (Å²) in [6.07, 6.45) is 1.49. The van der Waals surface area contributed by atoms with E-state index < -0.39 is 0 Å². The molecule has 1 aromatic rings. The number of thiazole rings is 1. The summed E-state index contributed by atoms with van der Waals surface area (Å²) in [7, 11) is 0. The number of piperazine rings is 1. The minimum atomic E-state index is -0.277. The summed E-state index contributed by atoms with van der Waals surface area (Å²) in [5, 5.41) is 0.987. The predicted molar refractivity (Wildman–Crippen MR) is 97.0 cm³/mol. The van der Waals surface area contributed by atoms with Gasteiger partial charge in [0, 0.05) is 38.2 Å². The minimum absolute atomic E-state index is 0.0368. The molecule has 7 heteroatoms. The van der Waals surface area contributed by atoms with Gasteiger partial charge < -0.3 is 14.5 Å². The Hall–Kier alpha value is -1.47. The number of hydrogen-bond donors (Lipinski definition) is 0. The van der Waals surface area contributed by atoms with Crippen LogP contribution in [-0.4, -0.2) is 65.5 Å². The summed E-state index contributed by atoms with van der Waals surface area (Å²) in [5.74, 6) is 0.114. The van der Waals surface area contributed by atoms with Crippen molar-refractivity contribution in [1.82, 2.24) is 14.8 Å². The third-order valence-electron chi connectivity index (χ3n) is 4.72. The number of aromatic nitrogens is 1. The highest BCUT2D eigenvalue weighted by atomic mass is 32.1. The molecule has 0 saturated carbocycles. The summed E-state index contributed by atoms with van der Waals surface area (Å²) >= 11 is 1.49. The number of hydrogen-bond acceptors (Lipinski definition) is 5. The van der Waals surface area contributed by atoms with Gasteiger partial charge >= 0.3 is 0 Å². The summed E-state index contributed by atoms with van der Waals surface area (Å²) < 4.78 is 5.48. The molecule has 2 aliphatic heterocycles. The Morgan fingerprint density at radius 1 is 1.16 bits per heavy atom. The van der Waals surface area contributed by atoms with Gasteiger partial charge in [-0.25, -0.2) is 4.98 Å². The average molecular weight is 365 g/mol. The maximum absolute atomic E-state index is 12.9. The van der Waals surface area contributed by atoms with Gasteiger partial charge in [-0.2, -0.15) is 0 Å². The van der Waals surface area contributed by atoms with Crippen LogP contribution in [0.1, 0.15) is 54.0 Å². The molecule has 6 nitrogen and oxygen atoms in total. The van der Waals surface area contributed by atoms with Crippen molar-refractivity contribution in [2.75, 3.05) is 32.8 Å². The van der Waals surface area contributed by atoms with Gasteiger partial charge in [-0.05, 0) is 19.8 Å². The lowest BCUT2D eigenvalue weighted by Gasteiger charge is -2.35. The predicted octanol–water partition coefficient (Wildman–Crippen LogP) is 2.21. The van der Waals surface area contributed by atoms with E-state index in [4.69, 9.17) is 4.74 Å². The van der Waals surface area contributed by atoms with E-state index in [9.17, 15) is 9.59 Å². The second kappa shape index (κ2) is 7.03. The third-order valence-corrected chi connectivity index (χ3v) is 6.29. The van der Waals surface area contributed by atoms with Crippen molar-refractivity contribution < 1.29 is 14.3 Å². The fourth-order valence-corrected chi connectivity index (χ4v) is 4.26. The Morgan fingerprint density at radius 2 is 1.80 bits per heavy atom. The first-order chi connectivity index (χ1) is 11.8. The molecule has 0 bridgehead atoms. The third kappa shape index (κ3) is 3.87. The number of aryl methyl sites for hydroxylation is 1. The zero-order chi connectivity index (χ0) is 18.2. The SMILES string of the molecule is Cc1nc(C(C)(C)C)sc1C(=O)N1CCN(C(=O)C2CCCO2)CC1. The smallest absolute Gasteiger partial charge is 0.265 e. The van der Waals surface area contributed by atoms with Crippen molar-refractivity contribution in [3.63, 3.8) is 0 Å². The molecule has 2 amide bonds. The van der Waals surface area contributed by atoms with Gasteiger partial charge in [0.15, 0.2) is 0 Å². The van der Waals surface area contributed by atoms with Crippen LogP contribution in [0.3, 0.4) is 0 Å². The van der Waals surface area contributed by atoms with Crippen molar-refractivity contribution in [3.8, 4) is 0 Å². The molecule has 1 aromatic heterocycles. The van der Waals surface area contributed by atoms with E-state index in [-0.39, 0.29) is 23.3 Å². The molecule has 0 aliphatic carbocycles. The lowest BCUT2D eigenvalue weighted by Crippen LogP contribution is -2.52. The van der Waals surface area contributed by atoms with E-state index in [0.717, 1.165) is 28.4 Å². The molecular formula is C18H27N3O3S. The summed E-state index contributed by atoms with van der Waals surface area (Å²) in [5.41, 5.74) is 0.748. The molecule has 25 heavy (non-hydrogen) atoms. The highest BCUT2D eigenvalue weighted by molar-refractivity contribution is 7.14. The van der Waals surface area contributed by atoms with Crippen LogP contribution in [0, 0.1) is 6.92 Å². The molecule has 0 radical (unpaired) electrons. The Labute approximate surface area is 153 Å². The van der Waals surface area contributed by atoms with Gasteiger partial charge in [-0.15, -0.1) is 11.3 Å². The second-order valence-corrected chi connectivity index (χ2v) is 8.80. The fraction of sp³-hybridized carbons (Fsp3) is 0.722. The topological polar surface area (TPSA) is 62.7 Å². The monoisotopic (exact) mass is 365 g/mol. The molecular weight excluding hydrogens is 338 g/mol. The number of amides is 2. The molecule has 3 rings (SSSR count). The standard InChI is InChI=1S/C18H27N3O3S/c1-12-14(25-17(19-12)18(2,3)4)16(23)21-9-7-20(8-10-21)15(22)13-6-5-11-24-13/h13H,5-11H2,1-4H3. The largest absolute Gasteiger partial charge is 0.368 e. The fourth-order valence-electron chi connectivity index (χ4n) is 3.17. The lowest BCUT2D eigenvalue weighted by molar-refractivity contribution is -0.142. The molecule has 0 aromatic carbocycles. The Morgan fingerprint density at radius 3 is 2.32 bits per heavy atom. The number of carbonyl (C=O) groups excluding carboxylic acids is 2. The first-order valence-electron chi connectivity index (χ1n) is 8.95. The Bertz CT molecular complexity index is 651. The van der Waals surface area contributed by atoms with E-state index in [1.165, 1.54) is 11.3 Å². The van der Waals surface area contributed by atoms with Gasteiger partial charge in [-0.3, -0.25) is 9.59 Å². The van der Waals surface area contributed by atoms with Crippen LogP contribution in [0.15, 0.2) is 0 Å². The van der Waals surface area contributed by atoms with Gasteiger partial charge in [0.1, 0.15) is 11.0 Å². The summed E-state index contributed by atoms with van der Waals surface area (Å²) in [6, 6.07) is 0. The maximum atomic E-state index is 12.9. The molecule has 1 unspecified atom stereocenters. The number of carbonyl (C=O) groups is 2. The molecule has 2 saturated heterocycles. The molecule has 0 N–H and O–H groups in total. The first kappa shape index (κ1) is 18.3. The number of ether oxygens (including phenoxy) is 1. The second-order valence-electron chi connectivity index (χ2n) is 7.80. The molecule has 1 atom stereocenters. The van der Waals surface area contributed by atoms with Crippen LogP contribution in [0.4, 0.5) is 0 Å². The normalized spacial score (nSPS) is 21.7. The van der Waals surface area contributed by atoms with Crippen LogP contribution in [-0.2, 0) is 14.9 Å². The van der Waals surface area contributed by atoms with E-state index in [1.807, 2.05) is 16.7 Å². The van der Waals surface area contributed by atoms with Crippen LogP contribution < -0.4 is 0 Å². The van der Waals surface area contributed by atoms with Crippen LogP contribution >= 0.6 is 11.3 Å².